The lowest BCUT2D eigenvalue weighted by atomic mass is 10.2. The van der Waals surface area contributed by atoms with E-state index in [0.717, 1.165) is 24.3 Å². The Kier molecular flexibility index (Phi) is 14.2. The summed E-state index contributed by atoms with van der Waals surface area (Å²) >= 11 is 0. The van der Waals surface area contributed by atoms with Crippen LogP contribution >= 0.6 is 24.0 Å². The fourth-order valence-electron chi connectivity index (χ4n) is 2.17. The van der Waals surface area contributed by atoms with E-state index in [0.29, 0.717) is 32.3 Å². The van der Waals surface area contributed by atoms with Crippen molar-refractivity contribution in [3.8, 4) is 5.75 Å². The third-order valence-corrected chi connectivity index (χ3v) is 3.49. The molecule has 1 aromatic carbocycles. The molecule has 0 radical (unpaired) electrons. The first-order chi connectivity index (χ1) is 13.3. The van der Waals surface area contributed by atoms with Crippen LogP contribution in [0.15, 0.2) is 29.3 Å². The van der Waals surface area contributed by atoms with E-state index in [4.69, 9.17) is 14.2 Å². The molecule has 3 N–H and O–H groups in total. The largest absolute Gasteiger partial charge is 0.497 e. The van der Waals surface area contributed by atoms with Crippen LogP contribution in [-0.2, 0) is 16.1 Å². The number of ether oxygens (including phenoxy) is 3. The lowest BCUT2D eigenvalue weighted by molar-refractivity contribution is 0.0529. The molecule has 0 saturated carbocycles. The highest BCUT2D eigenvalue weighted by molar-refractivity contribution is 14.0. The van der Waals surface area contributed by atoms with Gasteiger partial charge >= 0.3 is 6.09 Å². The lowest BCUT2D eigenvalue weighted by Crippen LogP contribution is -2.42. The van der Waals surface area contributed by atoms with Gasteiger partial charge in [0.15, 0.2) is 5.96 Å². The Morgan fingerprint density at radius 1 is 1.03 bits per heavy atom. The lowest BCUT2D eigenvalue weighted by Gasteiger charge is -2.19. The molecule has 0 spiro atoms. The number of rotatable bonds is 10. The van der Waals surface area contributed by atoms with Crippen LogP contribution in [0.2, 0.25) is 0 Å². The average Bonchev–Trinajstić information content (AvgIpc) is 2.65. The third kappa shape index (κ3) is 14.0. The summed E-state index contributed by atoms with van der Waals surface area (Å²) in [7, 11) is 3.36. The highest BCUT2D eigenvalue weighted by atomic mass is 127. The van der Waals surface area contributed by atoms with Crippen LogP contribution in [0.25, 0.3) is 0 Å². The van der Waals surface area contributed by atoms with Crippen LogP contribution in [0.1, 0.15) is 32.8 Å². The first kappa shape index (κ1) is 27.2. The molecular weight excluding hydrogens is 487 g/mol. The van der Waals surface area contributed by atoms with Crippen LogP contribution in [-0.4, -0.2) is 58.1 Å². The number of amides is 1. The van der Waals surface area contributed by atoms with E-state index in [1.807, 2.05) is 45.0 Å². The molecule has 0 aliphatic heterocycles. The second kappa shape index (κ2) is 15.1. The number of halogens is 1. The number of hydrogen-bond donors (Lipinski definition) is 3. The molecule has 0 fully saturated rings. The number of methoxy groups -OCH3 is 1. The van der Waals surface area contributed by atoms with E-state index in [-0.39, 0.29) is 24.0 Å². The molecule has 9 heteroatoms. The van der Waals surface area contributed by atoms with Crippen LogP contribution in [0, 0.1) is 0 Å². The van der Waals surface area contributed by atoms with Crippen LogP contribution in [0.3, 0.4) is 0 Å². The molecule has 1 aromatic rings. The molecule has 8 nitrogen and oxygen atoms in total. The molecule has 0 aliphatic carbocycles. The summed E-state index contributed by atoms with van der Waals surface area (Å²) in [4.78, 5) is 15.7. The summed E-state index contributed by atoms with van der Waals surface area (Å²) in [6.07, 6.45) is 0.429. The zero-order valence-electron chi connectivity index (χ0n) is 18.0. The topological polar surface area (TPSA) is 93.2 Å². The van der Waals surface area contributed by atoms with Gasteiger partial charge in [-0.2, -0.15) is 0 Å². The number of nitrogens with zero attached hydrogens (tertiary/aromatic N) is 1. The summed E-state index contributed by atoms with van der Waals surface area (Å²) in [5, 5.41) is 9.03. The van der Waals surface area contributed by atoms with Crippen molar-refractivity contribution in [1.29, 1.82) is 0 Å². The monoisotopic (exact) mass is 522 g/mol. The maximum atomic E-state index is 11.6. The molecule has 0 aliphatic rings. The van der Waals surface area contributed by atoms with Gasteiger partial charge in [-0.3, -0.25) is 4.99 Å². The number of guanidine groups is 1. The Morgan fingerprint density at radius 2 is 1.66 bits per heavy atom. The van der Waals surface area contributed by atoms with Crippen LogP contribution in [0.5, 0.6) is 5.75 Å². The van der Waals surface area contributed by atoms with Crippen molar-refractivity contribution in [3.63, 3.8) is 0 Å². The predicted molar refractivity (Wildman–Crippen MR) is 126 cm³/mol. The number of carbonyl (C=O) groups excluding carboxylic acids is 1. The van der Waals surface area contributed by atoms with Gasteiger partial charge in [0.1, 0.15) is 11.4 Å². The first-order valence-electron chi connectivity index (χ1n) is 9.46. The number of carbonyl (C=O) groups is 1. The van der Waals surface area contributed by atoms with Gasteiger partial charge in [0.25, 0.3) is 0 Å². The maximum Gasteiger partial charge on any atom is 0.407 e. The van der Waals surface area contributed by atoms with Gasteiger partial charge in [0, 0.05) is 33.3 Å². The van der Waals surface area contributed by atoms with E-state index < -0.39 is 11.7 Å². The highest BCUT2D eigenvalue weighted by Gasteiger charge is 2.15. The number of hydrogen-bond acceptors (Lipinski definition) is 5. The van der Waals surface area contributed by atoms with Gasteiger partial charge < -0.3 is 30.2 Å². The summed E-state index contributed by atoms with van der Waals surface area (Å²) in [6.45, 7) is 8.45. The van der Waals surface area contributed by atoms with Crippen molar-refractivity contribution in [2.24, 2.45) is 4.99 Å². The fraction of sp³-hybridized carbons (Fsp3) is 0.600. The summed E-state index contributed by atoms with van der Waals surface area (Å²) in [5.41, 5.74) is 0.619. The Balaban J connectivity index is 0.00000784. The Morgan fingerprint density at radius 3 is 2.24 bits per heavy atom. The Bertz CT molecular complexity index is 603. The fourth-order valence-corrected chi connectivity index (χ4v) is 2.17. The third-order valence-electron chi connectivity index (χ3n) is 3.49. The minimum atomic E-state index is -0.495. The molecule has 29 heavy (non-hydrogen) atoms. The normalized spacial score (nSPS) is 11.3. The van der Waals surface area contributed by atoms with E-state index in [1.54, 1.807) is 14.2 Å². The second-order valence-corrected chi connectivity index (χ2v) is 7.11. The predicted octanol–water partition coefficient (Wildman–Crippen LogP) is 2.91. The minimum Gasteiger partial charge on any atom is -0.497 e. The number of alkyl carbamates (subject to hydrolysis) is 1. The molecule has 0 atom stereocenters. The van der Waals surface area contributed by atoms with Gasteiger partial charge in [-0.05, 0) is 44.9 Å². The SMILES string of the molecule is CN=C(NCCCOCc1ccc(OC)cc1)NCCNC(=O)OC(C)(C)C.I. The average molecular weight is 522 g/mol. The van der Waals surface area contributed by atoms with E-state index in [9.17, 15) is 4.79 Å². The molecule has 0 unspecified atom stereocenters. The summed E-state index contributed by atoms with van der Waals surface area (Å²) in [6, 6.07) is 7.84. The molecule has 0 bridgehead atoms. The van der Waals surface area contributed by atoms with Gasteiger partial charge in [-0.25, -0.2) is 4.79 Å². The zero-order chi connectivity index (χ0) is 20.8. The molecule has 0 saturated heterocycles. The highest BCUT2D eigenvalue weighted by Crippen LogP contribution is 2.11. The van der Waals surface area contributed by atoms with E-state index >= 15 is 0 Å². The van der Waals surface area contributed by atoms with Gasteiger partial charge in [-0.15, -0.1) is 24.0 Å². The number of nitrogens with one attached hydrogen (secondary N) is 3. The van der Waals surface area contributed by atoms with Crippen LogP contribution in [0.4, 0.5) is 4.79 Å². The molecule has 1 amide bonds. The Labute approximate surface area is 191 Å². The molecule has 166 valence electrons. The van der Waals surface area contributed by atoms with Crippen molar-refractivity contribution < 1.29 is 19.0 Å². The van der Waals surface area contributed by atoms with Gasteiger partial charge in [-0.1, -0.05) is 12.1 Å². The molecule has 0 aromatic heterocycles. The maximum absolute atomic E-state index is 11.6. The van der Waals surface area contributed by atoms with Crippen molar-refractivity contribution in [1.82, 2.24) is 16.0 Å². The number of benzene rings is 1. The van der Waals surface area contributed by atoms with Crippen molar-refractivity contribution in [3.05, 3.63) is 29.8 Å². The van der Waals surface area contributed by atoms with Crippen molar-refractivity contribution >= 4 is 36.0 Å². The molecule has 0 heterocycles. The van der Waals surface area contributed by atoms with Gasteiger partial charge in [0.05, 0.1) is 13.7 Å². The Hall–Kier alpha value is -1.75. The molecule has 1 rings (SSSR count). The summed E-state index contributed by atoms with van der Waals surface area (Å²) in [5.74, 6) is 1.52. The van der Waals surface area contributed by atoms with Gasteiger partial charge in [0.2, 0.25) is 0 Å². The van der Waals surface area contributed by atoms with E-state index in [1.165, 1.54) is 0 Å². The molecular formula is C20H35IN4O4. The standard InChI is InChI=1S/C20H34N4O4.HI/c1-20(2,3)28-19(25)24-13-12-23-18(21-4)22-11-6-14-27-15-16-7-9-17(26-5)10-8-16;/h7-10H,6,11-15H2,1-5H3,(H,24,25)(H2,21,22,23);1H. The first-order valence-corrected chi connectivity index (χ1v) is 9.46. The van der Waals surface area contributed by atoms with Crippen molar-refractivity contribution in [2.75, 3.05) is 40.4 Å². The number of aliphatic imine (C=N–C) groups is 1. The van der Waals surface area contributed by atoms with Crippen LogP contribution < -0.4 is 20.7 Å². The van der Waals surface area contributed by atoms with E-state index in [2.05, 4.69) is 20.9 Å². The zero-order valence-corrected chi connectivity index (χ0v) is 20.4. The smallest absolute Gasteiger partial charge is 0.407 e. The minimum absolute atomic E-state index is 0. The quantitative estimate of drug-likeness (QED) is 0.190. The summed E-state index contributed by atoms with van der Waals surface area (Å²) < 4.78 is 16.0. The second-order valence-electron chi connectivity index (χ2n) is 7.11. The van der Waals surface area contributed by atoms with Crippen molar-refractivity contribution in [2.45, 2.75) is 39.4 Å².